The number of carbonyl (C=O) groups is 2. The summed E-state index contributed by atoms with van der Waals surface area (Å²) in [4.78, 5) is 27.0. The van der Waals surface area contributed by atoms with Gasteiger partial charge in [0.25, 0.3) is 5.91 Å². The maximum Gasteiger partial charge on any atom is 0.387 e. The van der Waals surface area contributed by atoms with Gasteiger partial charge in [0, 0.05) is 24.7 Å². The summed E-state index contributed by atoms with van der Waals surface area (Å²) >= 11 is 0. The first kappa shape index (κ1) is 19.1. The highest BCUT2D eigenvalue weighted by Gasteiger charge is 2.27. The number of ether oxygens (including phenoxy) is 1. The van der Waals surface area contributed by atoms with Gasteiger partial charge < -0.3 is 14.7 Å². The number of carbonyl (C=O) groups excluding carboxylic acids is 1. The Hall–Kier alpha value is -2.22. The molecule has 1 heterocycles. The van der Waals surface area contributed by atoms with Crippen LogP contribution in [0, 0.1) is 0 Å². The van der Waals surface area contributed by atoms with Crippen LogP contribution >= 0.6 is 0 Å². The number of carboxylic acid groups (broad SMARTS) is 1. The number of rotatable bonds is 7. The second-order valence-electron chi connectivity index (χ2n) is 5.89. The highest BCUT2D eigenvalue weighted by molar-refractivity contribution is 5.94. The number of piperidine rings is 1. The van der Waals surface area contributed by atoms with Gasteiger partial charge in [-0.3, -0.25) is 14.5 Å². The second-order valence-corrected chi connectivity index (χ2v) is 5.89. The van der Waals surface area contributed by atoms with Crippen LogP contribution in [0.1, 0.15) is 30.1 Å². The Balaban J connectivity index is 1.96. The van der Waals surface area contributed by atoms with Crippen molar-refractivity contribution in [3.63, 3.8) is 0 Å². The third kappa shape index (κ3) is 5.38. The molecular weight excluding hydrogens is 334 g/mol. The van der Waals surface area contributed by atoms with E-state index in [-0.39, 0.29) is 24.2 Å². The molecule has 8 heteroatoms. The van der Waals surface area contributed by atoms with E-state index in [1.165, 1.54) is 18.2 Å². The number of carboxylic acids is 1. The largest absolute Gasteiger partial charge is 0.480 e. The molecule has 6 nitrogen and oxygen atoms in total. The van der Waals surface area contributed by atoms with Crippen molar-refractivity contribution in [2.24, 2.45) is 0 Å². The summed E-state index contributed by atoms with van der Waals surface area (Å²) in [5.41, 5.74) is 0.300. The highest BCUT2D eigenvalue weighted by Crippen LogP contribution is 2.21. The van der Waals surface area contributed by atoms with Crippen molar-refractivity contribution in [1.29, 1.82) is 0 Å². The molecule has 1 fully saturated rings. The van der Waals surface area contributed by atoms with Gasteiger partial charge >= 0.3 is 12.6 Å². The van der Waals surface area contributed by atoms with E-state index < -0.39 is 12.6 Å². The summed E-state index contributed by atoms with van der Waals surface area (Å²) in [5, 5.41) is 8.95. The van der Waals surface area contributed by atoms with E-state index in [9.17, 15) is 18.4 Å². The van der Waals surface area contributed by atoms with E-state index in [1.807, 2.05) is 11.8 Å². The quantitative estimate of drug-likeness (QED) is 0.812. The van der Waals surface area contributed by atoms with Crippen LogP contribution in [0.2, 0.25) is 0 Å². The van der Waals surface area contributed by atoms with Gasteiger partial charge in [0.05, 0.1) is 6.54 Å². The first-order valence-corrected chi connectivity index (χ1v) is 8.20. The van der Waals surface area contributed by atoms with Crippen LogP contribution in [0.5, 0.6) is 5.75 Å². The summed E-state index contributed by atoms with van der Waals surface area (Å²) in [6.07, 6.45) is 1.36. The molecule has 1 aliphatic rings. The topological polar surface area (TPSA) is 70.1 Å². The molecule has 0 bridgehead atoms. The zero-order valence-electron chi connectivity index (χ0n) is 14.0. The molecule has 1 saturated heterocycles. The van der Waals surface area contributed by atoms with E-state index in [1.54, 1.807) is 11.0 Å². The predicted octanol–water partition coefficient (Wildman–Crippen LogP) is 2.30. The molecule has 0 spiro atoms. The molecule has 0 atom stereocenters. The summed E-state index contributed by atoms with van der Waals surface area (Å²) in [6.45, 7) is 0.601. The Bertz CT molecular complexity index is 604. The Kier molecular flexibility index (Phi) is 6.69. The Morgan fingerprint density at radius 3 is 2.60 bits per heavy atom. The minimum absolute atomic E-state index is 0.0118. The Morgan fingerprint density at radius 1 is 1.36 bits per heavy atom. The van der Waals surface area contributed by atoms with Gasteiger partial charge in [-0.25, -0.2) is 0 Å². The van der Waals surface area contributed by atoms with Gasteiger partial charge in [-0.15, -0.1) is 0 Å². The van der Waals surface area contributed by atoms with E-state index in [0.29, 0.717) is 38.0 Å². The fraction of sp³-hybridized carbons (Fsp3) is 0.529. The van der Waals surface area contributed by atoms with Crippen LogP contribution in [0.25, 0.3) is 0 Å². The standard InChI is InChI=1S/C17H22F2N2O4/c1-2-20(11-15(22)23)13-6-8-21(9-7-13)16(24)12-4-3-5-14(10-12)25-17(18)19/h3-5,10,13,17H,2,6-9,11H2,1H3,(H,22,23). The Labute approximate surface area is 145 Å². The van der Waals surface area contributed by atoms with Crippen LogP contribution in [-0.4, -0.2) is 65.6 Å². The van der Waals surface area contributed by atoms with E-state index in [4.69, 9.17) is 5.11 Å². The lowest BCUT2D eigenvalue weighted by Crippen LogP contribution is -2.48. The minimum atomic E-state index is -2.93. The van der Waals surface area contributed by atoms with Crippen LogP contribution < -0.4 is 4.74 Å². The van der Waals surface area contributed by atoms with Crippen LogP contribution in [0.4, 0.5) is 8.78 Å². The number of amides is 1. The number of hydrogen-bond acceptors (Lipinski definition) is 4. The summed E-state index contributed by atoms with van der Waals surface area (Å²) in [6, 6.07) is 5.88. The van der Waals surface area contributed by atoms with Gasteiger partial charge in [-0.1, -0.05) is 13.0 Å². The van der Waals surface area contributed by atoms with Crippen LogP contribution in [-0.2, 0) is 4.79 Å². The lowest BCUT2D eigenvalue weighted by molar-refractivity contribution is -0.139. The van der Waals surface area contributed by atoms with Crippen molar-refractivity contribution >= 4 is 11.9 Å². The van der Waals surface area contributed by atoms with E-state index >= 15 is 0 Å². The highest BCUT2D eigenvalue weighted by atomic mass is 19.3. The number of halogens is 2. The molecule has 0 saturated carbocycles. The van der Waals surface area contributed by atoms with Crippen LogP contribution in [0.15, 0.2) is 24.3 Å². The SMILES string of the molecule is CCN(CC(=O)O)C1CCN(C(=O)c2cccc(OC(F)F)c2)CC1. The van der Waals surface area contributed by atoms with Gasteiger partial charge in [0.1, 0.15) is 5.75 Å². The third-order valence-corrected chi connectivity index (χ3v) is 4.32. The molecule has 1 aromatic rings. The van der Waals surface area contributed by atoms with Crippen molar-refractivity contribution in [1.82, 2.24) is 9.80 Å². The molecule has 138 valence electrons. The van der Waals surface area contributed by atoms with Gasteiger partial charge in [0.2, 0.25) is 0 Å². The van der Waals surface area contributed by atoms with Gasteiger partial charge in [-0.2, -0.15) is 8.78 Å². The maximum absolute atomic E-state index is 12.5. The van der Waals surface area contributed by atoms with Crippen molar-refractivity contribution in [3.8, 4) is 5.75 Å². The molecule has 0 radical (unpaired) electrons. The smallest absolute Gasteiger partial charge is 0.387 e. The zero-order chi connectivity index (χ0) is 18.4. The van der Waals surface area contributed by atoms with Gasteiger partial charge in [0.15, 0.2) is 0 Å². The number of likely N-dealkylation sites (tertiary alicyclic amines) is 1. The average molecular weight is 356 g/mol. The third-order valence-electron chi connectivity index (χ3n) is 4.32. The number of nitrogens with zero attached hydrogens (tertiary/aromatic N) is 2. The lowest BCUT2D eigenvalue weighted by Gasteiger charge is -2.37. The molecule has 1 amide bonds. The molecule has 0 aromatic heterocycles. The minimum Gasteiger partial charge on any atom is -0.480 e. The number of likely N-dealkylation sites (N-methyl/N-ethyl adjacent to an activating group) is 1. The predicted molar refractivity (Wildman–Crippen MR) is 86.9 cm³/mol. The van der Waals surface area contributed by atoms with Crippen molar-refractivity contribution in [2.45, 2.75) is 32.4 Å². The van der Waals surface area contributed by atoms with E-state index in [2.05, 4.69) is 4.74 Å². The van der Waals surface area contributed by atoms with E-state index in [0.717, 1.165) is 0 Å². The lowest BCUT2D eigenvalue weighted by atomic mass is 10.0. The maximum atomic E-state index is 12.5. The first-order valence-electron chi connectivity index (χ1n) is 8.20. The molecule has 2 rings (SSSR count). The number of benzene rings is 1. The molecule has 1 aliphatic heterocycles. The summed E-state index contributed by atoms with van der Waals surface area (Å²) < 4.78 is 28.9. The first-order chi connectivity index (χ1) is 11.9. The Morgan fingerprint density at radius 2 is 2.04 bits per heavy atom. The fourth-order valence-corrected chi connectivity index (χ4v) is 3.09. The molecular formula is C17H22F2N2O4. The molecule has 1 N–H and O–H groups in total. The van der Waals surface area contributed by atoms with Crippen molar-refractivity contribution in [3.05, 3.63) is 29.8 Å². The summed E-state index contributed by atoms with van der Waals surface area (Å²) in [5.74, 6) is -1.15. The number of hydrogen-bond donors (Lipinski definition) is 1. The summed E-state index contributed by atoms with van der Waals surface area (Å²) in [7, 11) is 0. The fourth-order valence-electron chi connectivity index (χ4n) is 3.09. The molecule has 0 aliphatic carbocycles. The monoisotopic (exact) mass is 356 g/mol. The number of alkyl halides is 2. The average Bonchev–Trinajstić information content (AvgIpc) is 2.58. The second kappa shape index (κ2) is 8.75. The van der Waals surface area contributed by atoms with Crippen LogP contribution in [0.3, 0.4) is 0 Å². The molecule has 1 aromatic carbocycles. The molecule has 0 unspecified atom stereocenters. The molecule has 25 heavy (non-hydrogen) atoms. The number of aliphatic carboxylic acids is 1. The van der Waals surface area contributed by atoms with Crippen molar-refractivity contribution < 1.29 is 28.2 Å². The van der Waals surface area contributed by atoms with Crippen molar-refractivity contribution in [2.75, 3.05) is 26.2 Å². The van der Waals surface area contributed by atoms with Gasteiger partial charge in [-0.05, 0) is 37.6 Å². The normalized spacial score (nSPS) is 15.6. The zero-order valence-corrected chi connectivity index (χ0v) is 14.0.